The highest BCUT2D eigenvalue weighted by Gasteiger charge is 2.28. The van der Waals surface area contributed by atoms with Crippen molar-refractivity contribution in [1.82, 2.24) is 4.98 Å². The van der Waals surface area contributed by atoms with E-state index in [9.17, 15) is 0 Å². The molecular formula is C21H22IN. The van der Waals surface area contributed by atoms with Gasteiger partial charge >= 0.3 is 0 Å². The molecule has 2 heteroatoms. The molecule has 1 atom stereocenters. The number of fused-ring (bicyclic) bond motifs is 1. The maximum atomic E-state index is 4.74. The third kappa shape index (κ3) is 3.27. The molecule has 1 nitrogen and oxygen atoms in total. The molecular weight excluding hydrogens is 393 g/mol. The minimum absolute atomic E-state index is 0.177. The second kappa shape index (κ2) is 7.00. The molecule has 118 valence electrons. The van der Waals surface area contributed by atoms with Crippen molar-refractivity contribution in [1.29, 1.82) is 0 Å². The third-order valence-corrected chi connectivity index (χ3v) is 6.41. The summed E-state index contributed by atoms with van der Waals surface area (Å²) in [6.07, 6.45) is 5.50. The summed E-state index contributed by atoms with van der Waals surface area (Å²) in [5, 5.41) is 2.44. The average molecular weight is 415 g/mol. The Morgan fingerprint density at radius 2 is 1.65 bits per heavy atom. The lowest BCUT2D eigenvalue weighted by atomic mass is 9.87. The van der Waals surface area contributed by atoms with Gasteiger partial charge in [0.25, 0.3) is 0 Å². The predicted octanol–water partition coefficient (Wildman–Crippen LogP) is 6.74. The zero-order valence-corrected chi connectivity index (χ0v) is 15.9. The summed E-state index contributed by atoms with van der Waals surface area (Å²) in [5.41, 5.74) is 3.75. The van der Waals surface area contributed by atoms with Gasteiger partial charge in [-0.15, -0.1) is 0 Å². The van der Waals surface area contributed by atoms with Gasteiger partial charge in [-0.3, -0.25) is 4.98 Å². The van der Waals surface area contributed by atoms with E-state index in [0.717, 1.165) is 12.1 Å². The van der Waals surface area contributed by atoms with E-state index >= 15 is 0 Å². The first-order chi connectivity index (χ1) is 11.2. The van der Waals surface area contributed by atoms with E-state index in [1.54, 1.807) is 0 Å². The molecule has 0 amide bonds. The Kier molecular flexibility index (Phi) is 5.00. The molecule has 0 N–H and O–H groups in total. The highest BCUT2D eigenvalue weighted by atomic mass is 127. The van der Waals surface area contributed by atoms with Crippen LogP contribution in [-0.2, 0) is 3.42 Å². The summed E-state index contributed by atoms with van der Waals surface area (Å²) < 4.78 is 0.177. The molecule has 0 fully saturated rings. The van der Waals surface area contributed by atoms with Gasteiger partial charge in [0.15, 0.2) is 0 Å². The number of halogens is 1. The number of benzene rings is 2. The molecule has 0 saturated carbocycles. The van der Waals surface area contributed by atoms with Gasteiger partial charge in [0, 0.05) is 20.6 Å². The lowest BCUT2D eigenvalue weighted by molar-refractivity contribution is 0.570. The zero-order chi connectivity index (χ0) is 16.3. The van der Waals surface area contributed by atoms with Crippen LogP contribution in [0.4, 0.5) is 0 Å². The van der Waals surface area contributed by atoms with Crippen LogP contribution in [-0.4, -0.2) is 4.98 Å². The van der Waals surface area contributed by atoms with Crippen molar-refractivity contribution in [2.24, 2.45) is 0 Å². The largest absolute Gasteiger partial charge is 0.256 e. The SMILES string of the molecule is CCCC(I)(CC)c1ccccc1-c1cc2ccccc2cn1. The van der Waals surface area contributed by atoms with Gasteiger partial charge in [-0.25, -0.2) is 0 Å². The van der Waals surface area contributed by atoms with E-state index in [0.29, 0.717) is 0 Å². The second-order valence-electron chi connectivity index (χ2n) is 6.03. The molecule has 2 aromatic carbocycles. The van der Waals surface area contributed by atoms with Crippen LogP contribution in [0.25, 0.3) is 22.0 Å². The molecule has 1 heterocycles. The Morgan fingerprint density at radius 1 is 0.957 bits per heavy atom. The number of hydrogen-bond donors (Lipinski definition) is 0. The summed E-state index contributed by atoms with van der Waals surface area (Å²) >= 11 is 2.65. The van der Waals surface area contributed by atoms with Crippen molar-refractivity contribution in [2.45, 2.75) is 36.5 Å². The standard InChI is InChI=1S/C21H22IN/c1-3-13-21(22,4-2)19-12-8-7-11-18(19)20-14-16-9-5-6-10-17(16)15-23-20/h5-12,14-15H,3-4,13H2,1-2H3. The Morgan fingerprint density at radius 3 is 2.39 bits per heavy atom. The van der Waals surface area contributed by atoms with E-state index < -0.39 is 0 Å². The molecule has 3 rings (SSSR count). The number of nitrogens with zero attached hydrogens (tertiary/aromatic N) is 1. The molecule has 3 aromatic rings. The van der Waals surface area contributed by atoms with Crippen LogP contribution in [0.15, 0.2) is 60.8 Å². The Hall–Kier alpha value is -1.42. The first kappa shape index (κ1) is 16.4. The van der Waals surface area contributed by atoms with E-state index in [2.05, 4.69) is 91.0 Å². The first-order valence-corrected chi connectivity index (χ1v) is 9.39. The van der Waals surface area contributed by atoms with Crippen LogP contribution in [0.5, 0.6) is 0 Å². The van der Waals surface area contributed by atoms with Crippen molar-refractivity contribution < 1.29 is 0 Å². The molecule has 23 heavy (non-hydrogen) atoms. The summed E-state index contributed by atoms with van der Waals surface area (Å²) in [6, 6.07) is 19.4. The molecule has 0 aliphatic heterocycles. The summed E-state index contributed by atoms with van der Waals surface area (Å²) in [4.78, 5) is 4.74. The molecule has 0 spiro atoms. The van der Waals surface area contributed by atoms with Crippen LogP contribution < -0.4 is 0 Å². The summed E-state index contributed by atoms with van der Waals surface area (Å²) in [7, 11) is 0. The molecule has 0 aliphatic carbocycles. The van der Waals surface area contributed by atoms with E-state index in [4.69, 9.17) is 4.98 Å². The fraction of sp³-hybridized carbons (Fsp3) is 0.286. The van der Waals surface area contributed by atoms with Gasteiger partial charge < -0.3 is 0 Å². The third-order valence-electron chi connectivity index (χ3n) is 4.52. The van der Waals surface area contributed by atoms with Gasteiger partial charge in [0.05, 0.1) is 5.69 Å². The number of aromatic nitrogens is 1. The number of hydrogen-bond acceptors (Lipinski definition) is 1. The molecule has 0 saturated heterocycles. The fourth-order valence-corrected chi connectivity index (χ4v) is 4.24. The molecule has 1 unspecified atom stereocenters. The minimum Gasteiger partial charge on any atom is -0.256 e. The maximum Gasteiger partial charge on any atom is 0.0711 e. The van der Waals surface area contributed by atoms with E-state index in [1.807, 2.05) is 6.20 Å². The van der Waals surface area contributed by atoms with Crippen molar-refractivity contribution >= 4 is 33.4 Å². The first-order valence-electron chi connectivity index (χ1n) is 8.31. The lowest BCUT2D eigenvalue weighted by Gasteiger charge is -2.28. The van der Waals surface area contributed by atoms with Crippen LogP contribution >= 0.6 is 22.6 Å². The van der Waals surface area contributed by atoms with E-state index in [1.165, 1.54) is 34.7 Å². The Balaban J connectivity index is 2.15. The van der Waals surface area contributed by atoms with Crippen LogP contribution in [0.3, 0.4) is 0 Å². The highest BCUT2D eigenvalue weighted by molar-refractivity contribution is 14.1. The van der Waals surface area contributed by atoms with Gasteiger partial charge in [0.2, 0.25) is 0 Å². The Labute approximate surface area is 152 Å². The van der Waals surface area contributed by atoms with Gasteiger partial charge in [0.1, 0.15) is 0 Å². The highest BCUT2D eigenvalue weighted by Crippen LogP contribution is 2.44. The monoisotopic (exact) mass is 415 g/mol. The number of rotatable bonds is 5. The quantitative estimate of drug-likeness (QED) is 0.332. The number of pyridine rings is 1. The fourth-order valence-electron chi connectivity index (χ4n) is 3.23. The van der Waals surface area contributed by atoms with Crippen molar-refractivity contribution in [2.75, 3.05) is 0 Å². The normalized spacial score (nSPS) is 13.9. The van der Waals surface area contributed by atoms with Crippen molar-refractivity contribution in [3.8, 4) is 11.3 Å². The maximum absolute atomic E-state index is 4.74. The summed E-state index contributed by atoms with van der Waals surface area (Å²) in [5.74, 6) is 0. The minimum atomic E-state index is 0.177. The van der Waals surface area contributed by atoms with Gasteiger partial charge in [-0.2, -0.15) is 0 Å². The van der Waals surface area contributed by atoms with Crippen LogP contribution in [0.2, 0.25) is 0 Å². The predicted molar refractivity (Wildman–Crippen MR) is 108 cm³/mol. The van der Waals surface area contributed by atoms with Crippen molar-refractivity contribution in [3.63, 3.8) is 0 Å². The van der Waals surface area contributed by atoms with Crippen LogP contribution in [0.1, 0.15) is 38.7 Å². The molecule has 0 bridgehead atoms. The lowest BCUT2D eigenvalue weighted by Crippen LogP contribution is -2.17. The zero-order valence-electron chi connectivity index (χ0n) is 13.7. The van der Waals surface area contributed by atoms with E-state index in [-0.39, 0.29) is 3.42 Å². The van der Waals surface area contributed by atoms with Crippen molar-refractivity contribution in [3.05, 3.63) is 66.4 Å². The Bertz CT molecular complexity index is 812. The average Bonchev–Trinajstić information content (AvgIpc) is 2.61. The van der Waals surface area contributed by atoms with Crippen LogP contribution in [0, 0.1) is 0 Å². The smallest absolute Gasteiger partial charge is 0.0711 e. The molecule has 0 aliphatic rings. The molecule has 1 aromatic heterocycles. The van der Waals surface area contributed by atoms with Gasteiger partial charge in [-0.1, -0.05) is 91.4 Å². The second-order valence-corrected chi connectivity index (χ2v) is 8.10. The van der Waals surface area contributed by atoms with Gasteiger partial charge in [-0.05, 0) is 29.9 Å². The summed E-state index contributed by atoms with van der Waals surface area (Å²) in [6.45, 7) is 4.55. The molecule has 0 radical (unpaired) electrons. The topological polar surface area (TPSA) is 12.9 Å². The number of alkyl halides is 1.